The van der Waals surface area contributed by atoms with Crippen LogP contribution in [0.5, 0.6) is 0 Å². The Morgan fingerprint density at radius 3 is 2.83 bits per heavy atom. The van der Waals surface area contributed by atoms with Crippen LogP contribution in [0.15, 0.2) is 28.7 Å². The lowest BCUT2D eigenvalue weighted by atomic mass is 10.2. The zero-order chi connectivity index (χ0) is 12.5. The van der Waals surface area contributed by atoms with Gasteiger partial charge in [0.2, 0.25) is 0 Å². The van der Waals surface area contributed by atoms with E-state index in [9.17, 15) is 0 Å². The Kier molecular flexibility index (Phi) is 3.44. The van der Waals surface area contributed by atoms with Crippen molar-refractivity contribution in [3.63, 3.8) is 0 Å². The number of hydrogen-bond donors (Lipinski definition) is 1. The van der Waals surface area contributed by atoms with Gasteiger partial charge in [0.1, 0.15) is 0 Å². The number of benzene rings is 1. The van der Waals surface area contributed by atoms with Crippen LogP contribution in [0.2, 0.25) is 0 Å². The fourth-order valence-electron chi connectivity index (χ4n) is 2.93. The molecule has 0 aliphatic heterocycles. The minimum atomic E-state index is 0.728. The van der Waals surface area contributed by atoms with Crippen LogP contribution in [-0.2, 0) is 13.6 Å². The third-order valence-corrected chi connectivity index (χ3v) is 4.75. The Balaban J connectivity index is 1.83. The van der Waals surface area contributed by atoms with E-state index in [-0.39, 0.29) is 0 Å². The maximum Gasteiger partial charge on any atom is 0.0491 e. The van der Waals surface area contributed by atoms with Gasteiger partial charge in [0.05, 0.1) is 0 Å². The molecule has 2 nitrogen and oxygen atoms in total. The third kappa shape index (κ3) is 2.21. The van der Waals surface area contributed by atoms with E-state index < -0.39 is 0 Å². The van der Waals surface area contributed by atoms with Gasteiger partial charge >= 0.3 is 0 Å². The summed E-state index contributed by atoms with van der Waals surface area (Å²) < 4.78 is 3.48. The summed E-state index contributed by atoms with van der Waals surface area (Å²) >= 11 is 3.63. The van der Waals surface area contributed by atoms with Gasteiger partial charge in [-0.1, -0.05) is 34.8 Å². The minimum Gasteiger partial charge on any atom is -0.346 e. The molecule has 3 heteroatoms. The number of hydrogen-bond acceptors (Lipinski definition) is 1. The van der Waals surface area contributed by atoms with Crippen molar-refractivity contribution in [2.45, 2.75) is 38.3 Å². The average Bonchev–Trinajstić information content (AvgIpc) is 2.97. The average molecular weight is 307 g/mol. The number of halogens is 1. The second-order valence-corrected chi connectivity index (χ2v) is 6.08. The van der Waals surface area contributed by atoms with E-state index in [0.717, 1.165) is 12.6 Å². The van der Waals surface area contributed by atoms with Crippen LogP contribution < -0.4 is 5.32 Å². The second-order valence-electron chi connectivity index (χ2n) is 5.23. The maximum atomic E-state index is 3.68. The first-order chi connectivity index (χ1) is 8.75. The number of rotatable bonds is 3. The number of aryl methyl sites for hydroxylation is 1. The number of nitrogens with one attached hydrogen (secondary N) is 1. The summed E-state index contributed by atoms with van der Waals surface area (Å²) in [6.07, 6.45) is 5.46. The molecule has 96 valence electrons. The van der Waals surface area contributed by atoms with Gasteiger partial charge in [-0.25, -0.2) is 0 Å². The monoisotopic (exact) mass is 306 g/mol. The van der Waals surface area contributed by atoms with E-state index in [0.29, 0.717) is 0 Å². The molecule has 1 aliphatic rings. The second kappa shape index (κ2) is 5.06. The molecule has 1 saturated carbocycles. The highest BCUT2D eigenvalue weighted by Crippen LogP contribution is 2.27. The van der Waals surface area contributed by atoms with E-state index in [1.807, 2.05) is 0 Å². The summed E-state index contributed by atoms with van der Waals surface area (Å²) in [7, 11) is 2.15. The highest BCUT2D eigenvalue weighted by atomic mass is 79.9. The third-order valence-electron chi connectivity index (χ3n) is 4.06. The number of fused-ring (bicyclic) bond motifs is 1. The van der Waals surface area contributed by atoms with E-state index in [1.54, 1.807) is 0 Å². The van der Waals surface area contributed by atoms with Crippen LogP contribution in [-0.4, -0.2) is 10.6 Å². The summed E-state index contributed by atoms with van der Waals surface area (Å²) in [5, 5.41) is 4.99. The minimum absolute atomic E-state index is 0.728. The lowest BCUT2D eigenvalue weighted by molar-refractivity contribution is 0.514. The Morgan fingerprint density at radius 2 is 2.11 bits per heavy atom. The first-order valence-corrected chi connectivity index (χ1v) is 7.51. The van der Waals surface area contributed by atoms with Crippen LogP contribution >= 0.6 is 15.9 Å². The largest absolute Gasteiger partial charge is 0.346 e. The summed E-state index contributed by atoms with van der Waals surface area (Å²) in [6, 6.07) is 9.41. The van der Waals surface area contributed by atoms with Crippen LogP contribution in [0.25, 0.3) is 10.9 Å². The smallest absolute Gasteiger partial charge is 0.0491 e. The van der Waals surface area contributed by atoms with Gasteiger partial charge in [0.25, 0.3) is 0 Å². The lowest BCUT2D eigenvalue weighted by Gasteiger charge is -2.12. The topological polar surface area (TPSA) is 17.0 Å². The molecule has 0 radical (unpaired) electrons. The van der Waals surface area contributed by atoms with Crippen molar-refractivity contribution in [2.24, 2.45) is 7.05 Å². The summed E-state index contributed by atoms with van der Waals surface area (Å²) in [5.41, 5.74) is 2.66. The van der Waals surface area contributed by atoms with Gasteiger partial charge in [-0.3, -0.25) is 0 Å². The van der Waals surface area contributed by atoms with Gasteiger partial charge in [-0.15, -0.1) is 0 Å². The van der Waals surface area contributed by atoms with Crippen molar-refractivity contribution >= 4 is 26.8 Å². The van der Waals surface area contributed by atoms with Crippen LogP contribution in [0.3, 0.4) is 0 Å². The van der Waals surface area contributed by atoms with E-state index in [2.05, 4.69) is 57.1 Å². The van der Waals surface area contributed by atoms with E-state index in [4.69, 9.17) is 0 Å². The zero-order valence-electron chi connectivity index (χ0n) is 10.7. The van der Waals surface area contributed by atoms with Gasteiger partial charge < -0.3 is 9.88 Å². The van der Waals surface area contributed by atoms with Crippen molar-refractivity contribution in [1.29, 1.82) is 0 Å². The molecule has 2 aromatic rings. The first kappa shape index (κ1) is 12.2. The lowest BCUT2D eigenvalue weighted by Crippen LogP contribution is -2.26. The molecule has 0 saturated heterocycles. The number of aromatic nitrogens is 1. The normalized spacial score (nSPS) is 16.8. The molecule has 0 unspecified atom stereocenters. The van der Waals surface area contributed by atoms with Crippen molar-refractivity contribution in [3.8, 4) is 0 Å². The molecule has 0 amide bonds. The van der Waals surface area contributed by atoms with Gasteiger partial charge in [0.15, 0.2) is 0 Å². The van der Waals surface area contributed by atoms with Gasteiger partial charge in [-0.2, -0.15) is 0 Å². The summed E-state index contributed by atoms with van der Waals surface area (Å²) in [5.74, 6) is 0. The van der Waals surface area contributed by atoms with Crippen molar-refractivity contribution in [1.82, 2.24) is 9.88 Å². The molecule has 1 aromatic carbocycles. The molecular weight excluding hydrogens is 288 g/mol. The fourth-order valence-corrected chi connectivity index (χ4v) is 3.40. The standard InChI is InChI=1S/C15H19BrN2/c1-18-12(10-17-11-5-2-3-6-11)9-13-14(16)7-4-8-15(13)18/h4,7-9,11,17H,2-3,5-6,10H2,1H3. The summed E-state index contributed by atoms with van der Waals surface area (Å²) in [4.78, 5) is 0. The summed E-state index contributed by atoms with van der Waals surface area (Å²) in [6.45, 7) is 0.974. The fraction of sp³-hybridized carbons (Fsp3) is 0.467. The Morgan fingerprint density at radius 1 is 1.33 bits per heavy atom. The molecule has 1 N–H and O–H groups in total. The molecule has 1 aliphatic carbocycles. The molecule has 0 spiro atoms. The molecule has 0 atom stereocenters. The van der Waals surface area contributed by atoms with E-state index >= 15 is 0 Å². The molecule has 18 heavy (non-hydrogen) atoms. The van der Waals surface area contributed by atoms with Gasteiger partial charge in [-0.05, 0) is 31.0 Å². The Hall–Kier alpha value is -0.800. The quantitative estimate of drug-likeness (QED) is 0.908. The van der Waals surface area contributed by atoms with Crippen molar-refractivity contribution in [2.75, 3.05) is 0 Å². The van der Waals surface area contributed by atoms with E-state index in [1.165, 1.54) is 46.8 Å². The SMILES string of the molecule is Cn1c(CNC2CCCC2)cc2c(Br)cccc21. The van der Waals surface area contributed by atoms with Crippen LogP contribution in [0.1, 0.15) is 31.4 Å². The molecule has 3 rings (SSSR count). The van der Waals surface area contributed by atoms with Crippen molar-refractivity contribution in [3.05, 3.63) is 34.4 Å². The van der Waals surface area contributed by atoms with Gasteiger partial charge in [0, 0.05) is 40.7 Å². The first-order valence-electron chi connectivity index (χ1n) is 6.72. The molecule has 1 heterocycles. The molecule has 0 bridgehead atoms. The predicted molar refractivity (Wildman–Crippen MR) is 79.7 cm³/mol. The molecule has 1 fully saturated rings. The Labute approximate surface area is 116 Å². The predicted octanol–water partition coefficient (Wildman–Crippen LogP) is 3.97. The highest BCUT2D eigenvalue weighted by molar-refractivity contribution is 9.10. The molecular formula is C15H19BrN2. The maximum absolute atomic E-state index is 3.68. The Bertz CT molecular complexity index is 553. The van der Waals surface area contributed by atoms with Crippen molar-refractivity contribution < 1.29 is 0 Å². The van der Waals surface area contributed by atoms with Crippen LogP contribution in [0.4, 0.5) is 0 Å². The molecule has 1 aromatic heterocycles. The number of nitrogens with zero attached hydrogens (tertiary/aromatic N) is 1. The van der Waals surface area contributed by atoms with Crippen LogP contribution in [0, 0.1) is 0 Å². The highest BCUT2D eigenvalue weighted by Gasteiger charge is 2.15. The zero-order valence-corrected chi connectivity index (χ0v) is 12.3.